The van der Waals surface area contributed by atoms with Crippen LogP contribution < -0.4 is 4.90 Å². The normalized spacial score (nSPS) is 18.4. The molecule has 5 nitrogen and oxygen atoms in total. The van der Waals surface area contributed by atoms with Gasteiger partial charge in [0.05, 0.1) is 17.9 Å². The summed E-state index contributed by atoms with van der Waals surface area (Å²) in [7, 11) is 0. The van der Waals surface area contributed by atoms with Gasteiger partial charge in [-0.15, -0.1) is 10.2 Å². The third kappa shape index (κ3) is 2.64. The highest BCUT2D eigenvalue weighted by Crippen LogP contribution is 2.45. The number of aryl methyl sites for hydroxylation is 1. The number of nitrogens with zero attached hydrogens (tertiary/aromatic N) is 4. The maximum absolute atomic E-state index is 6.72. The predicted molar refractivity (Wildman–Crippen MR) is 106 cm³/mol. The van der Waals surface area contributed by atoms with Crippen molar-refractivity contribution in [2.24, 2.45) is 0 Å². The highest BCUT2D eigenvalue weighted by Gasteiger charge is 2.42. The quantitative estimate of drug-likeness (QED) is 0.675. The second-order valence-electron chi connectivity index (χ2n) is 7.50. The Morgan fingerprint density at radius 1 is 1.15 bits per heavy atom. The maximum Gasteiger partial charge on any atom is 0.181 e. The summed E-state index contributed by atoms with van der Waals surface area (Å²) >= 11 is 6.72. The Morgan fingerprint density at radius 3 is 2.78 bits per heavy atom. The molecule has 0 radical (unpaired) electrons. The van der Waals surface area contributed by atoms with E-state index >= 15 is 0 Å². The third-order valence-corrected chi connectivity index (χ3v) is 6.33. The zero-order chi connectivity index (χ0) is 18.4. The number of benzene rings is 1. The second-order valence-corrected chi connectivity index (χ2v) is 7.88. The van der Waals surface area contributed by atoms with Crippen LogP contribution in [0, 0.1) is 0 Å². The summed E-state index contributed by atoms with van der Waals surface area (Å²) in [5.74, 6) is 0.967. The van der Waals surface area contributed by atoms with Gasteiger partial charge in [-0.2, -0.15) is 0 Å². The predicted octanol–water partition coefficient (Wildman–Crippen LogP) is 4.36. The van der Waals surface area contributed by atoms with Crippen LogP contribution in [0.1, 0.15) is 43.1 Å². The van der Waals surface area contributed by atoms with Crippen LogP contribution in [-0.2, 0) is 23.4 Å². The van der Waals surface area contributed by atoms with Gasteiger partial charge in [-0.25, -0.2) is 0 Å². The van der Waals surface area contributed by atoms with Gasteiger partial charge in [0.1, 0.15) is 10.8 Å². The van der Waals surface area contributed by atoms with Gasteiger partial charge in [0.25, 0.3) is 0 Å². The van der Waals surface area contributed by atoms with Crippen molar-refractivity contribution in [3.63, 3.8) is 0 Å². The lowest BCUT2D eigenvalue weighted by Gasteiger charge is -2.40. The number of pyridine rings is 1. The van der Waals surface area contributed by atoms with Crippen molar-refractivity contribution in [2.45, 2.75) is 44.8 Å². The SMILES string of the molecule is CCCc1nnc2c(Cl)c(N3CCC4(CC3)OCc3ccccc34)ccn12. The number of halogens is 1. The Morgan fingerprint density at radius 2 is 1.96 bits per heavy atom. The molecule has 1 saturated heterocycles. The fourth-order valence-corrected chi connectivity index (χ4v) is 4.82. The molecular weight excluding hydrogens is 360 g/mol. The van der Waals surface area contributed by atoms with E-state index in [1.807, 2.05) is 10.6 Å². The van der Waals surface area contributed by atoms with Gasteiger partial charge in [0.2, 0.25) is 0 Å². The average Bonchev–Trinajstić information content (AvgIpc) is 3.27. The minimum Gasteiger partial charge on any atom is -0.370 e. The van der Waals surface area contributed by atoms with E-state index in [9.17, 15) is 0 Å². The molecule has 0 aliphatic carbocycles. The van der Waals surface area contributed by atoms with Gasteiger partial charge in [-0.1, -0.05) is 42.8 Å². The standard InChI is InChI=1S/C21H23ClN4O/c1-2-5-18-23-24-20-19(22)17(8-11-26(18)20)25-12-9-21(10-13-25)16-7-4-3-6-15(16)14-27-21/h3-4,6-8,11H,2,5,9-10,12-14H2,1H3. The smallest absolute Gasteiger partial charge is 0.181 e. The molecule has 5 rings (SSSR count). The summed E-state index contributed by atoms with van der Waals surface area (Å²) in [6.07, 6.45) is 5.93. The lowest BCUT2D eigenvalue weighted by molar-refractivity contribution is -0.0551. The summed E-state index contributed by atoms with van der Waals surface area (Å²) in [4.78, 5) is 2.35. The first-order valence-corrected chi connectivity index (χ1v) is 10.1. The molecule has 0 N–H and O–H groups in total. The zero-order valence-corrected chi connectivity index (χ0v) is 16.2. The molecule has 27 heavy (non-hydrogen) atoms. The van der Waals surface area contributed by atoms with E-state index in [1.165, 1.54) is 11.1 Å². The van der Waals surface area contributed by atoms with Crippen molar-refractivity contribution in [2.75, 3.05) is 18.0 Å². The molecule has 2 aromatic heterocycles. The number of fused-ring (bicyclic) bond motifs is 3. The number of aromatic nitrogens is 3. The Balaban J connectivity index is 1.41. The largest absolute Gasteiger partial charge is 0.370 e. The molecule has 0 unspecified atom stereocenters. The van der Waals surface area contributed by atoms with Crippen LogP contribution in [0.15, 0.2) is 36.5 Å². The molecule has 1 aromatic carbocycles. The first kappa shape index (κ1) is 17.0. The Kier molecular flexibility index (Phi) is 4.10. The van der Waals surface area contributed by atoms with Crippen molar-refractivity contribution in [1.29, 1.82) is 0 Å². The van der Waals surface area contributed by atoms with Crippen molar-refractivity contribution in [3.05, 3.63) is 58.5 Å². The monoisotopic (exact) mass is 382 g/mol. The molecule has 3 aromatic rings. The summed E-state index contributed by atoms with van der Waals surface area (Å²) in [5.41, 5.74) is 4.36. The number of hydrogen-bond donors (Lipinski definition) is 0. The van der Waals surface area contributed by atoms with E-state index in [1.54, 1.807) is 0 Å². The lowest BCUT2D eigenvalue weighted by Crippen LogP contribution is -2.42. The molecule has 2 aliphatic heterocycles. The number of anilines is 1. The molecule has 0 bridgehead atoms. The van der Waals surface area contributed by atoms with E-state index in [0.29, 0.717) is 5.02 Å². The van der Waals surface area contributed by atoms with Crippen LogP contribution in [0.4, 0.5) is 5.69 Å². The number of ether oxygens (including phenoxy) is 1. The third-order valence-electron chi connectivity index (χ3n) is 5.97. The minimum absolute atomic E-state index is 0.132. The summed E-state index contributed by atoms with van der Waals surface area (Å²) in [6.45, 7) is 4.70. The van der Waals surface area contributed by atoms with Crippen LogP contribution in [0.2, 0.25) is 5.02 Å². The molecule has 0 atom stereocenters. The van der Waals surface area contributed by atoms with Crippen molar-refractivity contribution in [3.8, 4) is 0 Å². The van der Waals surface area contributed by atoms with E-state index in [2.05, 4.69) is 52.4 Å². The fourth-order valence-electron chi connectivity index (χ4n) is 4.51. The highest BCUT2D eigenvalue weighted by atomic mass is 35.5. The van der Waals surface area contributed by atoms with E-state index < -0.39 is 0 Å². The number of rotatable bonds is 3. The Bertz CT molecular complexity index is 991. The van der Waals surface area contributed by atoms with Crippen LogP contribution >= 0.6 is 11.6 Å². The molecule has 2 aliphatic rings. The average molecular weight is 383 g/mol. The van der Waals surface area contributed by atoms with Crippen LogP contribution in [0.25, 0.3) is 5.65 Å². The van der Waals surface area contributed by atoms with Crippen molar-refractivity contribution in [1.82, 2.24) is 14.6 Å². The van der Waals surface area contributed by atoms with Crippen molar-refractivity contribution < 1.29 is 4.74 Å². The minimum atomic E-state index is -0.132. The second kappa shape index (κ2) is 6.50. The van der Waals surface area contributed by atoms with Gasteiger partial charge in [0.15, 0.2) is 5.65 Å². The molecule has 0 amide bonds. The van der Waals surface area contributed by atoms with Gasteiger partial charge < -0.3 is 9.64 Å². The topological polar surface area (TPSA) is 42.7 Å². The number of piperidine rings is 1. The van der Waals surface area contributed by atoms with E-state index in [4.69, 9.17) is 16.3 Å². The lowest BCUT2D eigenvalue weighted by atomic mass is 9.83. The van der Waals surface area contributed by atoms with Gasteiger partial charge in [-0.3, -0.25) is 4.40 Å². The van der Waals surface area contributed by atoms with Crippen LogP contribution in [0.5, 0.6) is 0 Å². The maximum atomic E-state index is 6.72. The molecule has 1 spiro atoms. The first-order valence-electron chi connectivity index (χ1n) is 9.71. The molecule has 6 heteroatoms. The van der Waals surface area contributed by atoms with Crippen LogP contribution in [-0.4, -0.2) is 27.7 Å². The Hall–Kier alpha value is -2.11. The molecule has 1 fully saturated rings. The van der Waals surface area contributed by atoms with Crippen LogP contribution in [0.3, 0.4) is 0 Å². The summed E-state index contributed by atoms with van der Waals surface area (Å²) < 4.78 is 8.29. The molecular formula is C21H23ClN4O. The summed E-state index contributed by atoms with van der Waals surface area (Å²) in [6, 6.07) is 10.7. The van der Waals surface area contributed by atoms with E-state index in [-0.39, 0.29) is 5.60 Å². The summed E-state index contributed by atoms with van der Waals surface area (Å²) in [5, 5.41) is 9.32. The highest BCUT2D eigenvalue weighted by molar-refractivity contribution is 6.36. The molecule has 0 saturated carbocycles. The molecule has 4 heterocycles. The van der Waals surface area contributed by atoms with E-state index in [0.717, 1.165) is 62.5 Å². The first-order chi connectivity index (χ1) is 13.2. The molecule has 140 valence electrons. The zero-order valence-electron chi connectivity index (χ0n) is 15.5. The van der Waals surface area contributed by atoms with Gasteiger partial charge >= 0.3 is 0 Å². The van der Waals surface area contributed by atoms with Gasteiger partial charge in [-0.05, 0) is 36.5 Å². The van der Waals surface area contributed by atoms with Crippen molar-refractivity contribution >= 4 is 22.9 Å². The van der Waals surface area contributed by atoms with Gasteiger partial charge in [0, 0.05) is 25.7 Å². The number of hydrogen-bond acceptors (Lipinski definition) is 4. The fraction of sp³-hybridized carbons (Fsp3) is 0.429. The Labute approximate surface area is 163 Å².